The maximum absolute atomic E-state index is 10.1. The molecular weight excluding hydrogens is 200 g/mol. The quantitative estimate of drug-likeness (QED) is 0.772. The van der Waals surface area contributed by atoms with Crippen LogP contribution in [0, 0.1) is 0 Å². The molecule has 0 radical (unpaired) electrons. The summed E-state index contributed by atoms with van der Waals surface area (Å²) in [4.78, 5) is 0. The minimum absolute atomic E-state index is 0.361. The summed E-state index contributed by atoms with van der Waals surface area (Å²) in [5, 5.41) is 10.1. The fraction of sp³-hybridized carbons (Fsp3) is 0.571. The molecule has 0 saturated carbocycles. The Labute approximate surface area is 97.3 Å². The summed E-state index contributed by atoms with van der Waals surface area (Å²) in [5.74, 6) is 0.937. The van der Waals surface area contributed by atoms with Gasteiger partial charge in [-0.15, -0.1) is 0 Å². The second-order valence-electron chi connectivity index (χ2n) is 4.45. The summed E-state index contributed by atoms with van der Waals surface area (Å²) in [7, 11) is 0. The molecular formula is C14H20O2. The largest absolute Gasteiger partial charge is 0.493 e. The number of aliphatic hydroxyl groups is 1. The first kappa shape index (κ1) is 11.5. The Balaban J connectivity index is 2.05. The van der Waals surface area contributed by atoms with E-state index in [4.69, 9.17) is 4.74 Å². The number of ether oxygens (including phenoxy) is 1. The van der Waals surface area contributed by atoms with Crippen molar-refractivity contribution in [3.8, 4) is 5.75 Å². The number of para-hydroxylation sites is 1. The van der Waals surface area contributed by atoms with Crippen molar-refractivity contribution in [3.63, 3.8) is 0 Å². The smallest absolute Gasteiger partial charge is 0.128 e. The van der Waals surface area contributed by atoms with E-state index in [0.29, 0.717) is 0 Å². The van der Waals surface area contributed by atoms with Gasteiger partial charge in [-0.1, -0.05) is 44.4 Å². The van der Waals surface area contributed by atoms with Crippen molar-refractivity contribution in [2.45, 2.75) is 45.1 Å². The lowest BCUT2D eigenvalue weighted by Crippen LogP contribution is -2.00. The third-order valence-corrected chi connectivity index (χ3v) is 3.18. The van der Waals surface area contributed by atoms with Crippen LogP contribution >= 0.6 is 0 Å². The SMILES string of the molecule is CCCCCC(O)c1cccc2c1OCC2. The van der Waals surface area contributed by atoms with Crippen LogP contribution in [0.25, 0.3) is 0 Å². The summed E-state index contributed by atoms with van der Waals surface area (Å²) in [6.45, 7) is 2.93. The average molecular weight is 220 g/mol. The predicted octanol–water partition coefficient (Wildman–Crippen LogP) is 3.24. The van der Waals surface area contributed by atoms with Crippen molar-refractivity contribution in [2.75, 3.05) is 6.61 Å². The highest BCUT2D eigenvalue weighted by Gasteiger charge is 2.20. The molecule has 0 bridgehead atoms. The van der Waals surface area contributed by atoms with Gasteiger partial charge in [-0.3, -0.25) is 0 Å². The first-order valence-corrected chi connectivity index (χ1v) is 6.25. The Hall–Kier alpha value is -1.02. The van der Waals surface area contributed by atoms with E-state index in [2.05, 4.69) is 13.0 Å². The lowest BCUT2D eigenvalue weighted by molar-refractivity contribution is 0.159. The van der Waals surface area contributed by atoms with E-state index in [1.807, 2.05) is 12.1 Å². The monoisotopic (exact) mass is 220 g/mol. The molecule has 0 saturated heterocycles. The Morgan fingerprint density at radius 2 is 2.25 bits per heavy atom. The Kier molecular flexibility index (Phi) is 3.83. The zero-order chi connectivity index (χ0) is 11.4. The number of aliphatic hydroxyl groups excluding tert-OH is 1. The Bertz CT molecular complexity index is 347. The second-order valence-corrected chi connectivity index (χ2v) is 4.45. The predicted molar refractivity (Wildman–Crippen MR) is 64.7 cm³/mol. The molecule has 1 aromatic rings. The fourth-order valence-electron chi connectivity index (χ4n) is 2.25. The summed E-state index contributed by atoms with van der Waals surface area (Å²) >= 11 is 0. The number of hydrogen-bond acceptors (Lipinski definition) is 2. The Morgan fingerprint density at radius 1 is 1.38 bits per heavy atom. The summed E-state index contributed by atoms with van der Waals surface area (Å²) in [6, 6.07) is 6.09. The van der Waals surface area contributed by atoms with Crippen LogP contribution in [0.5, 0.6) is 5.75 Å². The van der Waals surface area contributed by atoms with E-state index < -0.39 is 0 Å². The van der Waals surface area contributed by atoms with Gasteiger partial charge in [0.1, 0.15) is 5.75 Å². The molecule has 0 aromatic heterocycles. The van der Waals surface area contributed by atoms with Gasteiger partial charge in [0.25, 0.3) is 0 Å². The number of hydrogen-bond donors (Lipinski definition) is 1. The zero-order valence-electron chi connectivity index (χ0n) is 9.91. The molecule has 0 fully saturated rings. The molecule has 2 nitrogen and oxygen atoms in total. The van der Waals surface area contributed by atoms with E-state index in [1.165, 1.54) is 18.4 Å². The average Bonchev–Trinajstić information content (AvgIpc) is 2.76. The molecule has 0 aliphatic carbocycles. The highest BCUT2D eigenvalue weighted by atomic mass is 16.5. The molecule has 1 unspecified atom stereocenters. The molecule has 2 heteroatoms. The van der Waals surface area contributed by atoms with Gasteiger partial charge in [0.15, 0.2) is 0 Å². The van der Waals surface area contributed by atoms with Crippen molar-refractivity contribution in [2.24, 2.45) is 0 Å². The molecule has 1 aromatic carbocycles. The summed E-state index contributed by atoms with van der Waals surface area (Å²) in [5.41, 5.74) is 2.22. The molecule has 1 atom stereocenters. The van der Waals surface area contributed by atoms with Crippen molar-refractivity contribution in [3.05, 3.63) is 29.3 Å². The molecule has 1 aliphatic heterocycles. The highest BCUT2D eigenvalue weighted by Crippen LogP contribution is 2.35. The Morgan fingerprint density at radius 3 is 3.06 bits per heavy atom. The fourth-order valence-corrected chi connectivity index (χ4v) is 2.25. The van der Waals surface area contributed by atoms with Crippen LogP contribution in [0.1, 0.15) is 49.8 Å². The maximum atomic E-state index is 10.1. The molecule has 2 rings (SSSR count). The van der Waals surface area contributed by atoms with Crippen molar-refractivity contribution < 1.29 is 9.84 Å². The van der Waals surface area contributed by atoms with Crippen LogP contribution in [0.4, 0.5) is 0 Å². The van der Waals surface area contributed by atoms with Gasteiger partial charge in [0.05, 0.1) is 12.7 Å². The molecule has 1 N–H and O–H groups in total. The van der Waals surface area contributed by atoms with Gasteiger partial charge in [0.2, 0.25) is 0 Å². The van der Waals surface area contributed by atoms with Gasteiger partial charge in [-0.2, -0.15) is 0 Å². The normalized spacial score (nSPS) is 15.6. The minimum atomic E-state index is -0.361. The first-order valence-electron chi connectivity index (χ1n) is 6.25. The first-order chi connectivity index (χ1) is 7.83. The molecule has 1 aliphatic rings. The van der Waals surface area contributed by atoms with Crippen LogP contribution in [-0.4, -0.2) is 11.7 Å². The van der Waals surface area contributed by atoms with E-state index in [-0.39, 0.29) is 6.10 Å². The van der Waals surface area contributed by atoms with Gasteiger partial charge < -0.3 is 9.84 Å². The standard InChI is InChI=1S/C14H20O2/c1-2-3-4-8-13(15)12-7-5-6-11-9-10-16-14(11)12/h5-7,13,15H,2-4,8-10H2,1H3. The van der Waals surface area contributed by atoms with E-state index in [1.54, 1.807) is 0 Å². The van der Waals surface area contributed by atoms with Crippen LogP contribution in [0.3, 0.4) is 0 Å². The number of unbranched alkanes of at least 4 members (excludes halogenated alkanes) is 2. The molecule has 88 valence electrons. The molecule has 0 spiro atoms. The number of fused-ring (bicyclic) bond motifs is 1. The zero-order valence-corrected chi connectivity index (χ0v) is 9.91. The third-order valence-electron chi connectivity index (χ3n) is 3.18. The topological polar surface area (TPSA) is 29.5 Å². The van der Waals surface area contributed by atoms with Gasteiger partial charge >= 0.3 is 0 Å². The van der Waals surface area contributed by atoms with E-state index >= 15 is 0 Å². The van der Waals surface area contributed by atoms with Crippen LogP contribution in [0.2, 0.25) is 0 Å². The number of rotatable bonds is 5. The van der Waals surface area contributed by atoms with Crippen LogP contribution in [0.15, 0.2) is 18.2 Å². The van der Waals surface area contributed by atoms with Gasteiger partial charge in [0, 0.05) is 12.0 Å². The second kappa shape index (κ2) is 5.35. The van der Waals surface area contributed by atoms with Crippen molar-refractivity contribution in [1.29, 1.82) is 0 Å². The lowest BCUT2D eigenvalue weighted by Gasteiger charge is -2.14. The summed E-state index contributed by atoms with van der Waals surface area (Å²) in [6.07, 6.45) is 4.92. The van der Waals surface area contributed by atoms with Crippen LogP contribution < -0.4 is 4.74 Å². The summed E-state index contributed by atoms with van der Waals surface area (Å²) < 4.78 is 5.60. The molecule has 16 heavy (non-hydrogen) atoms. The highest BCUT2D eigenvalue weighted by molar-refractivity contribution is 5.45. The number of benzene rings is 1. The minimum Gasteiger partial charge on any atom is -0.493 e. The molecule has 1 heterocycles. The van der Waals surface area contributed by atoms with Gasteiger partial charge in [-0.25, -0.2) is 0 Å². The van der Waals surface area contributed by atoms with E-state index in [9.17, 15) is 5.11 Å². The van der Waals surface area contributed by atoms with Crippen molar-refractivity contribution >= 4 is 0 Å². The van der Waals surface area contributed by atoms with Crippen molar-refractivity contribution in [1.82, 2.24) is 0 Å². The van der Waals surface area contributed by atoms with Crippen LogP contribution in [-0.2, 0) is 6.42 Å². The lowest BCUT2D eigenvalue weighted by atomic mass is 10.00. The third kappa shape index (κ3) is 2.38. The van der Waals surface area contributed by atoms with Gasteiger partial charge in [-0.05, 0) is 12.0 Å². The molecule has 0 amide bonds. The maximum Gasteiger partial charge on any atom is 0.128 e. The van der Waals surface area contributed by atoms with E-state index in [0.717, 1.165) is 37.2 Å².